The van der Waals surface area contributed by atoms with Crippen LogP contribution in [0.5, 0.6) is 5.88 Å². The highest BCUT2D eigenvalue weighted by molar-refractivity contribution is 5.89. The van der Waals surface area contributed by atoms with Crippen LogP contribution in [0.2, 0.25) is 0 Å². The summed E-state index contributed by atoms with van der Waals surface area (Å²) in [6, 6.07) is 6.76. The summed E-state index contributed by atoms with van der Waals surface area (Å²) in [6.45, 7) is 2.31. The van der Waals surface area contributed by atoms with Gasteiger partial charge in [-0.3, -0.25) is 0 Å². The second-order valence-corrected chi connectivity index (χ2v) is 4.07. The Labute approximate surface area is 122 Å². The molecule has 0 saturated carbocycles. The molecule has 2 aromatic rings. The van der Waals surface area contributed by atoms with Crippen LogP contribution in [-0.4, -0.2) is 29.7 Å². The van der Waals surface area contributed by atoms with E-state index >= 15 is 0 Å². The predicted octanol–water partition coefficient (Wildman–Crippen LogP) is 1.99. The standard InChI is InChI=1S/C14H16N4O3/c1-3-21-13-11(15)12(16-8-17-13)18-10-6-4-9(5-7-10)14(19)20-2/h4-8H,3,15H2,1-2H3,(H,16,17,18). The lowest BCUT2D eigenvalue weighted by molar-refractivity contribution is 0.0601. The smallest absolute Gasteiger partial charge is 0.337 e. The topological polar surface area (TPSA) is 99.4 Å². The van der Waals surface area contributed by atoms with Gasteiger partial charge in [0, 0.05) is 5.69 Å². The minimum Gasteiger partial charge on any atom is -0.476 e. The number of anilines is 3. The average molecular weight is 288 g/mol. The summed E-state index contributed by atoms with van der Waals surface area (Å²) >= 11 is 0. The van der Waals surface area contributed by atoms with Gasteiger partial charge in [-0.1, -0.05) is 0 Å². The zero-order valence-corrected chi connectivity index (χ0v) is 11.8. The van der Waals surface area contributed by atoms with Crippen molar-refractivity contribution in [1.82, 2.24) is 9.97 Å². The molecule has 0 amide bonds. The van der Waals surface area contributed by atoms with Gasteiger partial charge in [0.2, 0.25) is 5.88 Å². The van der Waals surface area contributed by atoms with Crippen molar-refractivity contribution < 1.29 is 14.3 Å². The molecule has 0 aliphatic rings. The van der Waals surface area contributed by atoms with E-state index < -0.39 is 0 Å². The maximum absolute atomic E-state index is 11.4. The summed E-state index contributed by atoms with van der Waals surface area (Å²) in [6.07, 6.45) is 1.37. The van der Waals surface area contributed by atoms with E-state index in [2.05, 4.69) is 20.0 Å². The number of ether oxygens (including phenoxy) is 2. The van der Waals surface area contributed by atoms with E-state index in [1.54, 1.807) is 24.3 Å². The first kappa shape index (κ1) is 14.6. The van der Waals surface area contributed by atoms with E-state index in [0.717, 1.165) is 5.69 Å². The number of esters is 1. The van der Waals surface area contributed by atoms with Gasteiger partial charge in [0.25, 0.3) is 0 Å². The molecule has 110 valence electrons. The normalized spacial score (nSPS) is 10.0. The molecule has 0 spiro atoms. The molecular weight excluding hydrogens is 272 g/mol. The summed E-state index contributed by atoms with van der Waals surface area (Å²) < 4.78 is 9.94. The Morgan fingerprint density at radius 3 is 2.62 bits per heavy atom. The zero-order valence-electron chi connectivity index (χ0n) is 11.8. The number of carbonyl (C=O) groups is 1. The second kappa shape index (κ2) is 6.56. The Morgan fingerprint density at radius 2 is 2.00 bits per heavy atom. The van der Waals surface area contributed by atoms with Gasteiger partial charge >= 0.3 is 5.97 Å². The van der Waals surface area contributed by atoms with Gasteiger partial charge in [0.1, 0.15) is 12.0 Å². The molecule has 0 radical (unpaired) electrons. The van der Waals surface area contributed by atoms with Crippen LogP contribution in [0.15, 0.2) is 30.6 Å². The third-order valence-corrected chi connectivity index (χ3v) is 2.70. The lowest BCUT2D eigenvalue weighted by atomic mass is 10.2. The fourth-order valence-electron chi connectivity index (χ4n) is 1.67. The van der Waals surface area contributed by atoms with Gasteiger partial charge in [0.05, 0.1) is 19.3 Å². The summed E-state index contributed by atoms with van der Waals surface area (Å²) in [4.78, 5) is 19.4. The van der Waals surface area contributed by atoms with Crippen molar-refractivity contribution in [3.05, 3.63) is 36.2 Å². The molecule has 1 aromatic carbocycles. The lowest BCUT2D eigenvalue weighted by Crippen LogP contribution is -2.05. The number of carbonyl (C=O) groups excluding carboxylic acids is 1. The molecule has 0 aliphatic heterocycles. The van der Waals surface area contributed by atoms with Gasteiger partial charge < -0.3 is 20.5 Å². The molecule has 0 saturated heterocycles. The van der Waals surface area contributed by atoms with Crippen molar-refractivity contribution in [1.29, 1.82) is 0 Å². The summed E-state index contributed by atoms with van der Waals surface area (Å²) in [7, 11) is 1.34. The van der Waals surface area contributed by atoms with Crippen molar-refractivity contribution >= 4 is 23.2 Å². The third kappa shape index (κ3) is 3.38. The molecule has 0 aliphatic carbocycles. The highest BCUT2D eigenvalue weighted by Gasteiger charge is 2.10. The molecule has 1 heterocycles. The quantitative estimate of drug-likeness (QED) is 0.811. The summed E-state index contributed by atoms with van der Waals surface area (Å²) in [5, 5.41) is 3.05. The van der Waals surface area contributed by atoms with Gasteiger partial charge in [-0.2, -0.15) is 4.98 Å². The molecule has 0 atom stereocenters. The monoisotopic (exact) mass is 288 g/mol. The number of nitrogens with two attached hydrogens (primary N) is 1. The second-order valence-electron chi connectivity index (χ2n) is 4.07. The van der Waals surface area contributed by atoms with E-state index in [9.17, 15) is 4.79 Å². The minimum absolute atomic E-state index is 0.330. The van der Waals surface area contributed by atoms with E-state index in [1.165, 1.54) is 13.4 Å². The number of hydrogen-bond donors (Lipinski definition) is 2. The van der Waals surface area contributed by atoms with Gasteiger partial charge in [-0.25, -0.2) is 9.78 Å². The van der Waals surface area contributed by atoms with Gasteiger partial charge in [-0.15, -0.1) is 0 Å². The van der Waals surface area contributed by atoms with Crippen LogP contribution in [0.25, 0.3) is 0 Å². The largest absolute Gasteiger partial charge is 0.476 e. The highest BCUT2D eigenvalue weighted by Crippen LogP contribution is 2.27. The minimum atomic E-state index is -0.387. The van der Waals surface area contributed by atoms with Crippen molar-refractivity contribution in [3.63, 3.8) is 0 Å². The fraction of sp³-hybridized carbons (Fsp3) is 0.214. The van der Waals surface area contributed by atoms with Crippen LogP contribution in [-0.2, 0) is 4.74 Å². The maximum Gasteiger partial charge on any atom is 0.337 e. The van der Waals surface area contributed by atoms with Crippen LogP contribution < -0.4 is 15.8 Å². The molecule has 1 aromatic heterocycles. The molecule has 0 fully saturated rings. The molecule has 2 rings (SSSR count). The van der Waals surface area contributed by atoms with Crippen LogP contribution >= 0.6 is 0 Å². The fourth-order valence-corrected chi connectivity index (χ4v) is 1.67. The number of hydrogen-bond acceptors (Lipinski definition) is 7. The van der Waals surface area contributed by atoms with Gasteiger partial charge in [0.15, 0.2) is 5.82 Å². The zero-order chi connectivity index (χ0) is 15.2. The number of nitrogens with zero attached hydrogens (tertiary/aromatic N) is 2. The number of benzene rings is 1. The van der Waals surface area contributed by atoms with Crippen LogP contribution in [0.4, 0.5) is 17.2 Å². The third-order valence-electron chi connectivity index (χ3n) is 2.70. The highest BCUT2D eigenvalue weighted by atomic mass is 16.5. The van der Waals surface area contributed by atoms with Crippen LogP contribution in [0.1, 0.15) is 17.3 Å². The van der Waals surface area contributed by atoms with E-state index in [0.29, 0.717) is 29.6 Å². The maximum atomic E-state index is 11.4. The molecule has 7 nitrogen and oxygen atoms in total. The molecule has 7 heteroatoms. The number of nitrogens with one attached hydrogen (secondary N) is 1. The SMILES string of the molecule is CCOc1ncnc(Nc2ccc(C(=O)OC)cc2)c1N. The molecule has 21 heavy (non-hydrogen) atoms. The first-order chi connectivity index (χ1) is 10.2. The molecule has 0 bridgehead atoms. The van der Waals surface area contributed by atoms with Crippen molar-refractivity contribution in [3.8, 4) is 5.88 Å². The number of nitrogen functional groups attached to an aromatic ring is 1. The van der Waals surface area contributed by atoms with Crippen molar-refractivity contribution in [2.24, 2.45) is 0 Å². The van der Waals surface area contributed by atoms with E-state index in [-0.39, 0.29) is 5.97 Å². The predicted molar refractivity (Wildman–Crippen MR) is 78.7 cm³/mol. The number of rotatable bonds is 5. The van der Waals surface area contributed by atoms with Crippen LogP contribution in [0.3, 0.4) is 0 Å². The Morgan fingerprint density at radius 1 is 1.29 bits per heavy atom. The van der Waals surface area contributed by atoms with E-state index in [4.69, 9.17) is 10.5 Å². The lowest BCUT2D eigenvalue weighted by Gasteiger charge is -2.11. The molecule has 3 N–H and O–H groups in total. The van der Waals surface area contributed by atoms with Crippen LogP contribution in [0, 0.1) is 0 Å². The van der Waals surface area contributed by atoms with Gasteiger partial charge in [-0.05, 0) is 31.2 Å². The summed E-state index contributed by atoms with van der Waals surface area (Å²) in [5.74, 6) is 0.391. The Balaban J connectivity index is 2.18. The first-order valence-electron chi connectivity index (χ1n) is 6.34. The van der Waals surface area contributed by atoms with Crippen molar-refractivity contribution in [2.75, 3.05) is 24.8 Å². The Hall–Kier alpha value is -2.83. The molecule has 0 unspecified atom stereocenters. The number of methoxy groups -OCH3 is 1. The molecular formula is C14H16N4O3. The average Bonchev–Trinajstić information content (AvgIpc) is 2.51. The summed E-state index contributed by atoms with van der Waals surface area (Å²) in [5.41, 5.74) is 7.46. The first-order valence-corrected chi connectivity index (χ1v) is 6.34. The Bertz CT molecular complexity index is 629. The van der Waals surface area contributed by atoms with E-state index in [1.807, 2.05) is 6.92 Å². The van der Waals surface area contributed by atoms with Crippen molar-refractivity contribution in [2.45, 2.75) is 6.92 Å². The number of aromatic nitrogens is 2. The Kier molecular flexibility index (Phi) is 4.55.